The lowest BCUT2D eigenvalue weighted by molar-refractivity contribution is -0.148. The standard InChI is InChI=1S/C53H68N10O22S2/c64-41(65)24-58(9-11-60(26-43(68)69)27-44(70)71)13-15-62(30-47(76)77)39(50(82)83)20-32-1-5-37(6-2-32)56-52(86)54-22-34-17-35(19-36(18-34)49(80)81)23-55-53(87)57-38-7-3-33(4-8-38)21-40(51(84)85)63(31-48(78)79)16-14-59(25-42(66)67)10-12-61(28-45(72)73)29-46(74)75/h1-8,17-19,39-40H,9-16,20-31H2,(H,64,65)(H,66,67)(H,68,69)(H,70,71)(H,72,73)(H,74,75)(H,76,77)(H,78,79)(H,80,81)(H,82,83)(H,84,85)(H2,54,56,86)(H2,55,57,87). The Hall–Kier alpha value is -9.03. The minimum Gasteiger partial charge on any atom is -0.480 e. The van der Waals surface area contributed by atoms with Gasteiger partial charge in [0.15, 0.2) is 10.2 Å². The predicted molar refractivity (Wildman–Crippen MR) is 313 cm³/mol. The molecule has 0 spiro atoms. The predicted octanol–water partition coefficient (Wildman–Crippen LogP) is -1.16. The summed E-state index contributed by atoms with van der Waals surface area (Å²) in [7, 11) is 0. The third kappa shape index (κ3) is 29.6. The van der Waals surface area contributed by atoms with Gasteiger partial charge >= 0.3 is 65.7 Å². The summed E-state index contributed by atoms with van der Waals surface area (Å²) in [6, 6.07) is 14.4. The molecular formula is C53H68N10O22S2. The van der Waals surface area contributed by atoms with Crippen molar-refractivity contribution in [2.45, 2.75) is 38.0 Å². The zero-order valence-corrected chi connectivity index (χ0v) is 48.2. The average molecular weight is 1260 g/mol. The zero-order valence-electron chi connectivity index (χ0n) is 46.6. The molecule has 2 unspecified atom stereocenters. The van der Waals surface area contributed by atoms with Crippen molar-refractivity contribution in [1.82, 2.24) is 40.0 Å². The highest BCUT2D eigenvalue weighted by Crippen LogP contribution is 2.18. The monoisotopic (exact) mass is 1260 g/mol. The van der Waals surface area contributed by atoms with Gasteiger partial charge in [-0.2, -0.15) is 0 Å². The van der Waals surface area contributed by atoms with Gasteiger partial charge in [0.25, 0.3) is 0 Å². The maximum absolute atomic E-state index is 12.6. The molecule has 0 aromatic heterocycles. The molecule has 0 aliphatic heterocycles. The number of nitrogens with zero attached hydrogens (tertiary/aromatic N) is 6. The first-order valence-electron chi connectivity index (χ1n) is 26.2. The second-order valence-corrected chi connectivity index (χ2v) is 20.3. The number of aliphatic carboxylic acids is 10. The quantitative estimate of drug-likeness (QED) is 0.0297. The van der Waals surface area contributed by atoms with Gasteiger partial charge in [-0.1, -0.05) is 30.3 Å². The largest absolute Gasteiger partial charge is 0.480 e. The second-order valence-electron chi connectivity index (χ2n) is 19.5. The minimum atomic E-state index is -1.41. The molecule has 0 fully saturated rings. The highest BCUT2D eigenvalue weighted by atomic mass is 32.1. The van der Waals surface area contributed by atoms with E-state index in [2.05, 4.69) is 21.3 Å². The third-order valence-corrected chi connectivity index (χ3v) is 13.1. The van der Waals surface area contributed by atoms with E-state index in [0.717, 1.165) is 19.6 Å². The van der Waals surface area contributed by atoms with E-state index in [1.54, 1.807) is 54.6 Å². The summed E-state index contributed by atoms with van der Waals surface area (Å²) in [6.07, 6.45) is -0.382. The van der Waals surface area contributed by atoms with Crippen LogP contribution in [0.2, 0.25) is 0 Å². The molecule has 0 aliphatic rings. The Morgan fingerprint density at radius 1 is 0.356 bits per heavy atom. The number of carboxylic acid groups (broad SMARTS) is 11. The lowest BCUT2D eigenvalue weighted by atomic mass is 10.0. The van der Waals surface area contributed by atoms with Gasteiger partial charge in [-0.05, 0) is 95.9 Å². The van der Waals surface area contributed by atoms with Gasteiger partial charge in [0.05, 0.1) is 57.9 Å². The Kier molecular flexibility index (Phi) is 30.5. The van der Waals surface area contributed by atoms with Crippen molar-refractivity contribution in [3.05, 3.63) is 94.5 Å². The van der Waals surface area contributed by atoms with Crippen molar-refractivity contribution in [3.8, 4) is 0 Å². The van der Waals surface area contributed by atoms with Crippen LogP contribution in [-0.4, -0.2) is 278 Å². The molecule has 0 heterocycles. The Balaban J connectivity index is 1.62. The number of hydrogen-bond acceptors (Lipinski definition) is 19. The Morgan fingerprint density at radius 2 is 0.632 bits per heavy atom. The Labute approximate surface area is 506 Å². The van der Waals surface area contributed by atoms with Gasteiger partial charge in [-0.3, -0.25) is 77.3 Å². The number of aromatic carboxylic acids is 1. The fourth-order valence-electron chi connectivity index (χ4n) is 8.70. The minimum absolute atomic E-state index is 0.0464. The average Bonchev–Trinajstić information content (AvgIpc) is 3.50. The van der Waals surface area contributed by atoms with E-state index in [-0.39, 0.29) is 94.1 Å². The number of benzene rings is 3. The summed E-state index contributed by atoms with van der Waals surface area (Å²) in [5.74, 6) is -14.5. The highest BCUT2D eigenvalue weighted by Gasteiger charge is 2.31. The van der Waals surface area contributed by atoms with E-state index in [9.17, 15) is 88.5 Å². The molecule has 2 atom stereocenters. The van der Waals surface area contributed by atoms with Crippen molar-refractivity contribution in [2.75, 3.05) is 115 Å². The fraction of sp³-hybridized carbons (Fsp3) is 0.415. The molecule has 0 amide bonds. The molecule has 474 valence electrons. The Bertz CT molecular complexity index is 2720. The number of rotatable bonds is 43. The number of nitrogens with one attached hydrogen (secondary N) is 4. The maximum atomic E-state index is 12.6. The van der Waals surface area contributed by atoms with Crippen molar-refractivity contribution in [1.29, 1.82) is 0 Å². The number of thiocarbonyl (C=S) groups is 2. The second kappa shape index (κ2) is 36.7. The molecule has 15 N–H and O–H groups in total. The zero-order chi connectivity index (χ0) is 64.9. The molecule has 34 heteroatoms. The molecule has 0 aliphatic carbocycles. The summed E-state index contributed by atoms with van der Waals surface area (Å²) in [5, 5.41) is 117. The number of carboxylic acids is 11. The molecule has 87 heavy (non-hydrogen) atoms. The van der Waals surface area contributed by atoms with Crippen LogP contribution in [-0.2, 0) is 73.9 Å². The van der Waals surface area contributed by atoms with Crippen LogP contribution >= 0.6 is 24.4 Å². The molecule has 0 saturated heterocycles. The first-order valence-corrected chi connectivity index (χ1v) is 27.0. The van der Waals surface area contributed by atoms with Gasteiger partial charge in [-0.15, -0.1) is 0 Å². The van der Waals surface area contributed by atoms with Crippen LogP contribution < -0.4 is 21.3 Å². The topological polar surface area (TPSA) is 478 Å². The van der Waals surface area contributed by atoms with Crippen LogP contribution in [0, 0.1) is 0 Å². The molecule has 3 aromatic rings. The van der Waals surface area contributed by atoms with E-state index in [1.165, 1.54) is 21.9 Å². The van der Waals surface area contributed by atoms with Crippen molar-refractivity contribution in [2.24, 2.45) is 0 Å². The van der Waals surface area contributed by atoms with Gasteiger partial charge in [-0.25, -0.2) is 4.79 Å². The van der Waals surface area contributed by atoms with Gasteiger partial charge in [0.2, 0.25) is 0 Å². The SMILES string of the molecule is O=C(O)CN(CCN(CC(=O)O)CC(=O)O)CCN(CC(=O)O)C(Cc1ccc(NC(=S)NCc2cc(CNC(=S)Nc3ccc(CC(C(=O)O)N(CCN(CCN(CC(=O)O)CC(=O)O)CC(=O)O)CC(=O)O)cc3)cc(C(=O)O)c2)cc1)C(=O)O. The fourth-order valence-corrected chi connectivity index (χ4v) is 9.08. The maximum Gasteiger partial charge on any atom is 0.335 e. The molecule has 32 nitrogen and oxygen atoms in total. The first-order chi connectivity index (χ1) is 40.9. The molecule has 3 aromatic carbocycles. The van der Waals surface area contributed by atoms with Crippen molar-refractivity contribution >= 4 is 112 Å². The first kappa shape index (κ1) is 72.2. The summed E-state index contributed by atoms with van der Waals surface area (Å²) in [6.45, 7) is -6.61. The Morgan fingerprint density at radius 3 is 0.908 bits per heavy atom. The van der Waals surface area contributed by atoms with Crippen molar-refractivity contribution < 1.29 is 109 Å². The molecule has 3 rings (SSSR count). The van der Waals surface area contributed by atoms with Gasteiger partial charge in [0, 0.05) is 76.8 Å². The van der Waals surface area contributed by atoms with E-state index in [1.807, 2.05) is 0 Å². The van der Waals surface area contributed by atoms with E-state index < -0.39 is 130 Å². The van der Waals surface area contributed by atoms with Crippen LogP contribution in [0.5, 0.6) is 0 Å². The van der Waals surface area contributed by atoms with Gasteiger partial charge in [0.1, 0.15) is 12.1 Å². The molecule has 0 bridgehead atoms. The van der Waals surface area contributed by atoms with Crippen LogP contribution in [0.25, 0.3) is 0 Å². The summed E-state index contributed by atoms with van der Waals surface area (Å²) in [5.41, 5.74) is 2.80. The van der Waals surface area contributed by atoms with E-state index in [4.69, 9.17) is 44.9 Å². The summed E-state index contributed by atoms with van der Waals surface area (Å²) < 4.78 is 0. The van der Waals surface area contributed by atoms with Crippen LogP contribution in [0.4, 0.5) is 11.4 Å². The summed E-state index contributed by atoms with van der Waals surface area (Å²) >= 11 is 11.0. The third-order valence-electron chi connectivity index (χ3n) is 12.6. The highest BCUT2D eigenvalue weighted by molar-refractivity contribution is 7.80. The smallest absolute Gasteiger partial charge is 0.335 e. The number of hydrogen-bond donors (Lipinski definition) is 15. The van der Waals surface area contributed by atoms with Crippen LogP contribution in [0.1, 0.15) is 32.6 Å². The number of carbonyl (C=O) groups is 11. The lowest BCUT2D eigenvalue weighted by Crippen LogP contribution is -2.49. The van der Waals surface area contributed by atoms with Crippen molar-refractivity contribution in [3.63, 3.8) is 0 Å². The van der Waals surface area contributed by atoms with Gasteiger partial charge < -0.3 is 77.4 Å². The molecular weight excluding hydrogens is 1190 g/mol. The number of anilines is 2. The summed E-state index contributed by atoms with van der Waals surface area (Å²) in [4.78, 5) is 136. The molecule has 0 saturated carbocycles. The van der Waals surface area contributed by atoms with Crippen LogP contribution in [0.15, 0.2) is 66.7 Å². The van der Waals surface area contributed by atoms with E-state index >= 15 is 0 Å². The molecule has 0 radical (unpaired) electrons. The normalized spacial score (nSPS) is 11.9. The van der Waals surface area contributed by atoms with E-state index in [0.29, 0.717) is 33.6 Å². The lowest BCUT2D eigenvalue weighted by Gasteiger charge is -2.31. The van der Waals surface area contributed by atoms with Crippen LogP contribution in [0.3, 0.4) is 0 Å².